The first-order valence-corrected chi connectivity index (χ1v) is 4.77. The largest absolute Gasteiger partial charge is 0.508 e. The van der Waals surface area contributed by atoms with Crippen molar-refractivity contribution in [1.82, 2.24) is 0 Å². The normalized spacial score (nSPS) is 10.1. The maximum Gasteiger partial charge on any atom is 0.411 e. The summed E-state index contributed by atoms with van der Waals surface area (Å²) in [6.07, 6.45) is -0.532. The van der Waals surface area contributed by atoms with Crippen molar-refractivity contribution in [2.24, 2.45) is 0 Å². The summed E-state index contributed by atoms with van der Waals surface area (Å²) in [7, 11) is 1.30. The number of benzene rings is 2. The molecule has 0 spiro atoms. The smallest absolute Gasteiger partial charge is 0.411 e. The third-order valence-electron chi connectivity index (χ3n) is 2.29. The van der Waals surface area contributed by atoms with Crippen molar-refractivity contribution in [2.75, 3.05) is 12.4 Å². The minimum Gasteiger partial charge on any atom is -0.508 e. The molecule has 0 aliphatic heterocycles. The number of phenols is 1. The zero-order valence-corrected chi connectivity index (χ0v) is 8.73. The Bertz CT molecular complexity index is 537. The number of nitrogens with one attached hydrogen (secondary N) is 1. The molecule has 0 aliphatic rings. The molecule has 2 aromatic carbocycles. The summed E-state index contributed by atoms with van der Waals surface area (Å²) >= 11 is 0. The molecule has 2 N–H and O–H groups in total. The van der Waals surface area contributed by atoms with Gasteiger partial charge in [0.25, 0.3) is 0 Å². The first-order valence-electron chi connectivity index (χ1n) is 4.77. The number of phenolic OH excluding ortho intramolecular Hbond substituents is 1. The van der Waals surface area contributed by atoms with Crippen LogP contribution in [0.15, 0.2) is 36.4 Å². The van der Waals surface area contributed by atoms with Gasteiger partial charge in [-0.2, -0.15) is 0 Å². The van der Waals surface area contributed by atoms with Crippen molar-refractivity contribution in [3.8, 4) is 5.75 Å². The van der Waals surface area contributed by atoms with Gasteiger partial charge >= 0.3 is 6.09 Å². The monoisotopic (exact) mass is 217 g/mol. The zero-order chi connectivity index (χ0) is 11.5. The number of carbonyl (C=O) groups excluding carboxylic acids is 1. The lowest BCUT2D eigenvalue weighted by molar-refractivity contribution is 0.187. The number of rotatable bonds is 1. The Morgan fingerprint density at radius 1 is 1.31 bits per heavy atom. The van der Waals surface area contributed by atoms with E-state index in [4.69, 9.17) is 0 Å². The molecular weight excluding hydrogens is 206 g/mol. The second kappa shape index (κ2) is 4.10. The Balaban J connectivity index is 2.52. The van der Waals surface area contributed by atoms with Gasteiger partial charge in [-0.1, -0.05) is 18.2 Å². The number of amides is 1. The fraction of sp³-hybridized carbons (Fsp3) is 0.0833. The number of carbonyl (C=O) groups is 1. The first-order chi connectivity index (χ1) is 7.70. The Hall–Kier alpha value is -2.23. The van der Waals surface area contributed by atoms with E-state index in [2.05, 4.69) is 10.1 Å². The van der Waals surface area contributed by atoms with E-state index in [-0.39, 0.29) is 5.75 Å². The molecule has 0 bridgehead atoms. The van der Waals surface area contributed by atoms with Crippen LogP contribution >= 0.6 is 0 Å². The maximum absolute atomic E-state index is 11.1. The van der Waals surface area contributed by atoms with Gasteiger partial charge in [-0.15, -0.1) is 0 Å². The highest BCUT2D eigenvalue weighted by atomic mass is 16.5. The van der Waals surface area contributed by atoms with Crippen LogP contribution in [0.25, 0.3) is 10.8 Å². The summed E-state index contributed by atoms with van der Waals surface area (Å²) in [6, 6.07) is 10.5. The molecule has 16 heavy (non-hydrogen) atoms. The van der Waals surface area contributed by atoms with Crippen molar-refractivity contribution in [3.63, 3.8) is 0 Å². The van der Waals surface area contributed by atoms with Crippen LogP contribution in [0.1, 0.15) is 0 Å². The van der Waals surface area contributed by atoms with Gasteiger partial charge in [0.1, 0.15) is 5.75 Å². The van der Waals surface area contributed by atoms with Gasteiger partial charge in [0.05, 0.1) is 12.8 Å². The second-order valence-electron chi connectivity index (χ2n) is 3.33. The summed E-state index contributed by atoms with van der Waals surface area (Å²) in [5.41, 5.74) is 0.611. The minimum atomic E-state index is -0.532. The lowest BCUT2D eigenvalue weighted by Crippen LogP contribution is -2.11. The molecule has 0 heterocycles. The van der Waals surface area contributed by atoms with Crippen LogP contribution in [0.2, 0.25) is 0 Å². The fourth-order valence-electron chi connectivity index (χ4n) is 1.53. The second-order valence-corrected chi connectivity index (χ2v) is 3.33. The molecule has 0 radical (unpaired) electrons. The number of hydrogen-bond donors (Lipinski definition) is 2. The van der Waals surface area contributed by atoms with Crippen LogP contribution < -0.4 is 5.32 Å². The Labute approximate surface area is 92.5 Å². The van der Waals surface area contributed by atoms with Crippen LogP contribution in [0.3, 0.4) is 0 Å². The van der Waals surface area contributed by atoms with Crippen LogP contribution in [0.5, 0.6) is 5.75 Å². The molecule has 0 fully saturated rings. The summed E-state index contributed by atoms with van der Waals surface area (Å²) in [4.78, 5) is 11.1. The molecular formula is C12H11NO3. The number of anilines is 1. The van der Waals surface area contributed by atoms with E-state index in [9.17, 15) is 9.90 Å². The fourth-order valence-corrected chi connectivity index (χ4v) is 1.53. The lowest BCUT2D eigenvalue weighted by atomic mass is 10.1. The van der Waals surface area contributed by atoms with Crippen LogP contribution in [-0.4, -0.2) is 18.3 Å². The molecule has 82 valence electrons. The number of ether oxygens (including phenoxy) is 1. The molecule has 4 nitrogen and oxygen atoms in total. The average molecular weight is 217 g/mol. The third-order valence-corrected chi connectivity index (χ3v) is 2.29. The van der Waals surface area contributed by atoms with E-state index < -0.39 is 6.09 Å². The molecule has 0 saturated heterocycles. The maximum atomic E-state index is 11.1. The first kappa shape index (κ1) is 10.3. The molecule has 0 aliphatic carbocycles. The zero-order valence-electron chi connectivity index (χ0n) is 8.73. The van der Waals surface area contributed by atoms with Crippen LogP contribution in [0, 0.1) is 0 Å². The van der Waals surface area contributed by atoms with Crippen molar-refractivity contribution in [1.29, 1.82) is 0 Å². The molecule has 0 atom stereocenters. The summed E-state index contributed by atoms with van der Waals surface area (Å²) < 4.78 is 4.52. The predicted molar refractivity (Wildman–Crippen MR) is 61.6 cm³/mol. The van der Waals surface area contributed by atoms with Gasteiger partial charge in [-0.05, 0) is 23.6 Å². The lowest BCUT2D eigenvalue weighted by Gasteiger charge is -2.07. The van der Waals surface area contributed by atoms with E-state index in [1.54, 1.807) is 24.3 Å². The van der Waals surface area contributed by atoms with Crippen LogP contribution in [0.4, 0.5) is 10.5 Å². The quantitative estimate of drug-likeness (QED) is 0.772. The van der Waals surface area contributed by atoms with E-state index in [0.717, 1.165) is 10.8 Å². The third kappa shape index (κ3) is 1.91. The molecule has 2 rings (SSSR count). The van der Waals surface area contributed by atoms with Crippen LogP contribution in [-0.2, 0) is 4.74 Å². The summed E-state index contributed by atoms with van der Waals surface area (Å²) in [6.45, 7) is 0. The highest BCUT2D eigenvalue weighted by molar-refractivity contribution is 6.00. The summed E-state index contributed by atoms with van der Waals surface area (Å²) in [5.74, 6) is 0.159. The van der Waals surface area contributed by atoms with Crippen molar-refractivity contribution >= 4 is 22.6 Å². The van der Waals surface area contributed by atoms with Gasteiger partial charge in [0, 0.05) is 5.39 Å². The Morgan fingerprint density at radius 2 is 2.12 bits per heavy atom. The van der Waals surface area contributed by atoms with Crippen molar-refractivity contribution < 1.29 is 14.6 Å². The predicted octanol–water partition coefficient (Wildman–Crippen LogP) is 2.72. The van der Waals surface area contributed by atoms with Gasteiger partial charge in [-0.3, -0.25) is 5.32 Å². The SMILES string of the molecule is COC(=O)Nc1cccc2ccc(O)cc12. The number of aromatic hydroxyl groups is 1. The summed E-state index contributed by atoms with van der Waals surface area (Å²) in [5, 5.41) is 13.7. The highest BCUT2D eigenvalue weighted by Crippen LogP contribution is 2.26. The number of fused-ring (bicyclic) bond motifs is 1. The molecule has 0 aromatic heterocycles. The number of methoxy groups -OCH3 is 1. The van der Waals surface area contributed by atoms with Gasteiger partial charge in [0.15, 0.2) is 0 Å². The average Bonchev–Trinajstić information content (AvgIpc) is 2.29. The minimum absolute atomic E-state index is 0.159. The van der Waals surface area contributed by atoms with E-state index in [0.29, 0.717) is 5.69 Å². The molecule has 4 heteroatoms. The van der Waals surface area contributed by atoms with Gasteiger partial charge in [0.2, 0.25) is 0 Å². The van der Waals surface area contributed by atoms with Crippen molar-refractivity contribution in [2.45, 2.75) is 0 Å². The molecule has 1 amide bonds. The van der Waals surface area contributed by atoms with Crippen molar-refractivity contribution in [3.05, 3.63) is 36.4 Å². The Kier molecular flexibility index (Phi) is 2.64. The van der Waals surface area contributed by atoms with E-state index >= 15 is 0 Å². The van der Waals surface area contributed by atoms with Gasteiger partial charge < -0.3 is 9.84 Å². The highest BCUT2D eigenvalue weighted by Gasteiger charge is 2.05. The molecule has 0 saturated carbocycles. The van der Waals surface area contributed by atoms with E-state index in [1.807, 2.05) is 12.1 Å². The molecule has 2 aromatic rings. The van der Waals surface area contributed by atoms with E-state index in [1.165, 1.54) is 7.11 Å². The number of hydrogen-bond acceptors (Lipinski definition) is 3. The molecule has 0 unspecified atom stereocenters. The van der Waals surface area contributed by atoms with Gasteiger partial charge in [-0.25, -0.2) is 4.79 Å². The standard InChI is InChI=1S/C12H11NO3/c1-16-12(15)13-11-4-2-3-8-5-6-9(14)7-10(8)11/h2-7,14H,1H3,(H,13,15). The Morgan fingerprint density at radius 3 is 2.88 bits per heavy atom. The topological polar surface area (TPSA) is 58.6 Å².